The van der Waals surface area contributed by atoms with Crippen molar-refractivity contribution in [3.05, 3.63) is 12.7 Å². The van der Waals surface area contributed by atoms with E-state index in [4.69, 9.17) is 0 Å². The van der Waals surface area contributed by atoms with E-state index in [1.807, 2.05) is 7.05 Å². The normalized spacial score (nSPS) is 21.6. The summed E-state index contributed by atoms with van der Waals surface area (Å²) in [6, 6.07) is 0. The van der Waals surface area contributed by atoms with Crippen LogP contribution in [0.25, 0.3) is 0 Å². The second kappa shape index (κ2) is 4.57. The molecule has 0 unspecified atom stereocenters. The lowest BCUT2D eigenvalue weighted by Crippen LogP contribution is -2.49. The Bertz CT molecular complexity index is 220. The van der Waals surface area contributed by atoms with E-state index >= 15 is 0 Å². The average Bonchev–Trinajstić information content (AvgIpc) is 2.20. The van der Waals surface area contributed by atoms with Gasteiger partial charge in [-0.3, -0.25) is 4.79 Å². The van der Waals surface area contributed by atoms with Gasteiger partial charge in [0.15, 0.2) is 0 Å². The number of likely N-dealkylation sites (tertiary alicyclic amines) is 1. The third kappa shape index (κ3) is 3.12. The summed E-state index contributed by atoms with van der Waals surface area (Å²) in [5, 5.41) is 12.7. The Morgan fingerprint density at radius 3 is 2.71 bits per heavy atom. The van der Waals surface area contributed by atoms with Gasteiger partial charge in [0.05, 0.1) is 5.60 Å². The van der Waals surface area contributed by atoms with Crippen molar-refractivity contribution >= 4 is 5.91 Å². The van der Waals surface area contributed by atoms with Gasteiger partial charge in [0.1, 0.15) is 0 Å². The molecule has 0 aromatic carbocycles. The Morgan fingerprint density at radius 2 is 2.21 bits per heavy atom. The zero-order chi connectivity index (χ0) is 10.6. The maximum Gasteiger partial charge on any atom is 0.243 e. The summed E-state index contributed by atoms with van der Waals surface area (Å²) in [5.74, 6) is -0.225. The third-order valence-corrected chi connectivity index (χ3v) is 2.69. The van der Waals surface area contributed by atoms with Gasteiger partial charge in [0.2, 0.25) is 5.91 Å². The van der Waals surface area contributed by atoms with E-state index in [0.29, 0.717) is 19.4 Å². The summed E-state index contributed by atoms with van der Waals surface area (Å²) >= 11 is 0. The van der Waals surface area contributed by atoms with Crippen LogP contribution in [-0.2, 0) is 4.79 Å². The second-order valence-corrected chi connectivity index (χ2v) is 3.95. The largest absolute Gasteiger partial charge is 0.388 e. The predicted molar refractivity (Wildman–Crippen MR) is 54.9 cm³/mol. The molecule has 1 fully saturated rings. The molecule has 1 saturated heterocycles. The highest BCUT2D eigenvalue weighted by Gasteiger charge is 2.30. The Morgan fingerprint density at radius 1 is 1.64 bits per heavy atom. The number of hydrogen-bond donors (Lipinski definition) is 2. The van der Waals surface area contributed by atoms with E-state index in [1.165, 1.54) is 6.08 Å². The maximum atomic E-state index is 10.9. The van der Waals surface area contributed by atoms with Gasteiger partial charge >= 0.3 is 0 Å². The van der Waals surface area contributed by atoms with E-state index in [0.717, 1.165) is 13.1 Å². The van der Waals surface area contributed by atoms with E-state index in [-0.39, 0.29) is 5.91 Å². The summed E-state index contributed by atoms with van der Waals surface area (Å²) in [4.78, 5) is 13.1. The molecule has 1 aliphatic heterocycles. The lowest BCUT2D eigenvalue weighted by Gasteiger charge is -2.36. The molecule has 0 radical (unpaired) electrons. The number of amides is 1. The molecule has 0 aliphatic carbocycles. The van der Waals surface area contributed by atoms with Crippen molar-refractivity contribution in [2.75, 3.05) is 26.7 Å². The molecule has 0 aromatic rings. The summed E-state index contributed by atoms with van der Waals surface area (Å²) in [6.07, 6.45) is 2.64. The minimum absolute atomic E-state index is 0.225. The highest BCUT2D eigenvalue weighted by molar-refractivity contribution is 5.86. The fourth-order valence-corrected chi connectivity index (χ4v) is 1.54. The van der Waals surface area contributed by atoms with Crippen molar-refractivity contribution in [2.24, 2.45) is 0 Å². The molecule has 0 atom stereocenters. The highest BCUT2D eigenvalue weighted by atomic mass is 16.3. The van der Waals surface area contributed by atoms with Crippen LogP contribution in [0, 0.1) is 0 Å². The molecular weight excluding hydrogens is 180 g/mol. The van der Waals surface area contributed by atoms with Crippen molar-refractivity contribution in [3.63, 3.8) is 0 Å². The van der Waals surface area contributed by atoms with Crippen molar-refractivity contribution in [1.29, 1.82) is 0 Å². The van der Waals surface area contributed by atoms with Crippen LogP contribution in [0.15, 0.2) is 12.7 Å². The molecule has 1 aliphatic rings. The van der Waals surface area contributed by atoms with E-state index < -0.39 is 5.60 Å². The zero-order valence-electron chi connectivity index (χ0n) is 8.62. The highest BCUT2D eigenvalue weighted by Crippen LogP contribution is 2.20. The summed E-state index contributed by atoms with van der Waals surface area (Å²) < 4.78 is 0. The fraction of sp³-hybridized carbons (Fsp3) is 0.700. The van der Waals surface area contributed by atoms with Crippen LogP contribution in [0.1, 0.15) is 12.8 Å². The summed E-state index contributed by atoms with van der Waals surface area (Å²) in [5.41, 5.74) is -0.731. The molecule has 2 N–H and O–H groups in total. The smallest absolute Gasteiger partial charge is 0.243 e. The number of piperidine rings is 1. The van der Waals surface area contributed by atoms with Crippen LogP contribution in [0.3, 0.4) is 0 Å². The first-order chi connectivity index (χ1) is 6.56. The summed E-state index contributed by atoms with van der Waals surface area (Å²) in [6.45, 7) is 5.43. The molecule has 0 aromatic heterocycles. The molecule has 14 heavy (non-hydrogen) atoms. The van der Waals surface area contributed by atoms with Crippen LogP contribution >= 0.6 is 0 Å². The number of nitrogens with one attached hydrogen (secondary N) is 1. The number of aliphatic hydroxyl groups is 1. The molecular formula is C10H18N2O2. The van der Waals surface area contributed by atoms with Crippen LogP contribution in [0.5, 0.6) is 0 Å². The molecule has 1 amide bonds. The Balaban J connectivity index is 2.35. The lowest BCUT2D eigenvalue weighted by molar-refractivity contribution is -0.118. The summed E-state index contributed by atoms with van der Waals surface area (Å²) in [7, 11) is 2.03. The zero-order valence-corrected chi connectivity index (χ0v) is 8.62. The number of hydrogen-bond acceptors (Lipinski definition) is 3. The lowest BCUT2D eigenvalue weighted by atomic mass is 9.91. The first kappa shape index (κ1) is 11.2. The third-order valence-electron chi connectivity index (χ3n) is 2.69. The van der Waals surface area contributed by atoms with Gasteiger partial charge in [0, 0.05) is 19.6 Å². The Kier molecular flexibility index (Phi) is 3.66. The van der Waals surface area contributed by atoms with Crippen LogP contribution in [-0.4, -0.2) is 48.2 Å². The number of nitrogens with zero attached hydrogens (tertiary/aromatic N) is 1. The molecule has 4 nitrogen and oxygen atoms in total. The fourth-order valence-electron chi connectivity index (χ4n) is 1.54. The maximum absolute atomic E-state index is 10.9. The molecule has 80 valence electrons. The van der Waals surface area contributed by atoms with Crippen molar-refractivity contribution in [1.82, 2.24) is 10.2 Å². The predicted octanol–water partition coefficient (Wildman–Crippen LogP) is -0.255. The van der Waals surface area contributed by atoms with Crippen molar-refractivity contribution in [3.8, 4) is 0 Å². The molecule has 1 heterocycles. The van der Waals surface area contributed by atoms with Gasteiger partial charge in [-0.2, -0.15) is 0 Å². The van der Waals surface area contributed by atoms with Gasteiger partial charge in [-0.05, 0) is 26.0 Å². The Labute approximate surface area is 84.6 Å². The monoisotopic (exact) mass is 198 g/mol. The first-order valence-corrected chi connectivity index (χ1v) is 4.87. The van der Waals surface area contributed by atoms with Gasteiger partial charge in [-0.15, -0.1) is 0 Å². The first-order valence-electron chi connectivity index (χ1n) is 4.87. The van der Waals surface area contributed by atoms with Gasteiger partial charge in [0.25, 0.3) is 0 Å². The van der Waals surface area contributed by atoms with Gasteiger partial charge in [-0.1, -0.05) is 6.58 Å². The molecule has 4 heteroatoms. The van der Waals surface area contributed by atoms with E-state index in [9.17, 15) is 9.90 Å². The minimum atomic E-state index is -0.731. The van der Waals surface area contributed by atoms with Gasteiger partial charge in [-0.25, -0.2) is 0 Å². The van der Waals surface area contributed by atoms with Crippen LogP contribution in [0.2, 0.25) is 0 Å². The van der Waals surface area contributed by atoms with Crippen molar-refractivity contribution < 1.29 is 9.90 Å². The standard InChI is InChI=1S/C10H18N2O2/c1-3-9(13)11-8-10(14)4-6-12(2)7-5-10/h3,14H,1,4-8H2,2H3,(H,11,13). The SMILES string of the molecule is C=CC(=O)NCC1(O)CCN(C)CC1. The molecule has 1 rings (SSSR count). The number of carbonyl (C=O) groups excluding carboxylic acids is 1. The van der Waals surface area contributed by atoms with E-state index in [2.05, 4.69) is 16.8 Å². The van der Waals surface area contributed by atoms with Crippen molar-refractivity contribution in [2.45, 2.75) is 18.4 Å². The molecule has 0 bridgehead atoms. The number of carbonyl (C=O) groups is 1. The Hall–Kier alpha value is -0.870. The van der Waals surface area contributed by atoms with Crippen LogP contribution < -0.4 is 5.32 Å². The second-order valence-electron chi connectivity index (χ2n) is 3.95. The van der Waals surface area contributed by atoms with E-state index in [1.54, 1.807) is 0 Å². The molecule has 0 spiro atoms. The average molecular weight is 198 g/mol. The molecule has 0 saturated carbocycles. The quantitative estimate of drug-likeness (QED) is 0.615. The van der Waals surface area contributed by atoms with Gasteiger partial charge < -0.3 is 15.3 Å². The number of rotatable bonds is 3. The topological polar surface area (TPSA) is 52.6 Å². The minimum Gasteiger partial charge on any atom is -0.388 e. The van der Waals surface area contributed by atoms with Crippen LogP contribution in [0.4, 0.5) is 0 Å².